The molecule has 2 rings (SSSR count). The summed E-state index contributed by atoms with van der Waals surface area (Å²) < 4.78 is -0.285. The van der Waals surface area contributed by atoms with Crippen molar-refractivity contribution in [1.29, 1.82) is 0 Å². The van der Waals surface area contributed by atoms with Crippen molar-refractivity contribution in [1.82, 2.24) is 9.80 Å². The first kappa shape index (κ1) is 20.4. The lowest BCUT2D eigenvalue weighted by atomic mass is 10.1. The van der Waals surface area contributed by atoms with E-state index in [9.17, 15) is 14.7 Å². The van der Waals surface area contributed by atoms with Crippen molar-refractivity contribution in [3.8, 4) is 0 Å². The van der Waals surface area contributed by atoms with Gasteiger partial charge in [-0.05, 0) is 38.3 Å². The lowest BCUT2D eigenvalue weighted by molar-refractivity contribution is -0.137. The standard InChI is InChI=1S/C17H24N2O3S3/c1-17(2,3)19(8-9-20)14(21)6-7-18-15(22)13(25-16(18)23)11-12-5-4-10-24-12/h4-5,10-11,16,20,23H,6-9H2,1-3H3/b13-11+. The number of carbonyl (C=O) groups excluding carboxylic acids is 2. The molecule has 1 fully saturated rings. The van der Waals surface area contributed by atoms with Gasteiger partial charge in [-0.1, -0.05) is 17.8 Å². The van der Waals surface area contributed by atoms with Crippen LogP contribution < -0.4 is 0 Å². The van der Waals surface area contributed by atoms with E-state index in [4.69, 9.17) is 0 Å². The van der Waals surface area contributed by atoms with E-state index in [1.807, 2.05) is 44.4 Å². The van der Waals surface area contributed by atoms with Crippen molar-refractivity contribution >= 4 is 53.6 Å². The van der Waals surface area contributed by atoms with E-state index in [0.717, 1.165) is 4.88 Å². The molecule has 2 heterocycles. The summed E-state index contributed by atoms with van der Waals surface area (Å²) in [5.41, 5.74) is -0.367. The largest absolute Gasteiger partial charge is 0.395 e. The third-order valence-electron chi connectivity index (χ3n) is 3.79. The highest BCUT2D eigenvalue weighted by atomic mass is 32.2. The van der Waals surface area contributed by atoms with Gasteiger partial charge >= 0.3 is 0 Å². The number of aliphatic hydroxyl groups is 1. The fourth-order valence-corrected chi connectivity index (χ4v) is 4.83. The first-order valence-electron chi connectivity index (χ1n) is 8.06. The SMILES string of the molecule is CC(C)(C)N(CCO)C(=O)CCN1C(=O)/C(=C\c2cccs2)SC1S. The number of thiophene rings is 1. The van der Waals surface area contributed by atoms with Gasteiger partial charge in [0.1, 0.15) is 4.71 Å². The Morgan fingerprint density at radius 3 is 2.76 bits per heavy atom. The number of hydrogen-bond acceptors (Lipinski definition) is 6. The smallest absolute Gasteiger partial charge is 0.261 e. The highest BCUT2D eigenvalue weighted by Crippen LogP contribution is 2.38. The van der Waals surface area contributed by atoms with E-state index in [-0.39, 0.29) is 35.1 Å². The zero-order valence-corrected chi connectivity index (χ0v) is 17.2. The van der Waals surface area contributed by atoms with Crippen LogP contribution in [0.15, 0.2) is 22.4 Å². The van der Waals surface area contributed by atoms with Crippen molar-refractivity contribution in [3.63, 3.8) is 0 Å². The van der Waals surface area contributed by atoms with Gasteiger partial charge in [-0.2, -0.15) is 0 Å². The molecule has 0 aliphatic carbocycles. The van der Waals surface area contributed by atoms with Gasteiger partial charge < -0.3 is 14.9 Å². The van der Waals surface area contributed by atoms with Crippen LogP contribution in [0.1, 0.15) is 32.1 Å². The molecule has 1 aromatic heterocycles. The van der Waals surface area contributed by atoms with Gasteiger partial charge in [-0.3, -0.25) is 9.59 Å². The Labute approximate surface area is 162 Å². The summed E-state index contributed by atoms with van der Waals surface area (Å²) in [4.78, 5) is 30.0. The predicted octanol–water partition coefficient (Wildman–Crippen LogP) is 2.89. The molecule has 0 saturated carbocycles. The van der Waals surface area contributed by atoms with E-state index >= 15 is 0 Å². The second-order valence-corrected chi connectivity index (χ2v) is 9.60. The number of β-amino-alcohol motifs (C(OH)–C–C–N with tert-alkyl or cyclic N) is 1. The van der Waals surface area contributed by atoms with Crippen LogP contribution in [0, 0.1) is 0 Å². The van der Waals surface area contributed by atoms with Gasteiger partial charge in [0.15, 0.2) is 0 Å². The predicted molar refractivity (Wildman–Crippen MR) is 108 cm³/mol. The Morgan fingerprint density at radius 1 is 1.48 bits per heavy atom. The first-order valence-corrected chi connectivity index (χ1v) is 10.3. The summed E-state index contributed by atoms with van der Waals surface area (Å²) in [5, 5.41) is 11.2. The number of nitrogens with zero attached hydrogens (tertiary/aromatic N) is 2. The van der Waals surface area contributed by atoms with Gasteiger partial charge in [0.25, 0.3) is 5.91 Å². The van der Waals surface area contributed by atoms with Crippen LogP contribution in [0.4, 0.5) is 0 Å². The molecule has 1 unspecified atom stereocenters. The average molecular weight is 401 g/mol. The number of amides is 2. The van der Waals surface area contributed by atoms with Crippen molar-refractivity contribution in [3.05, 3.63) is 27.3 Å². The zero-order chi connectivity index (χ0) is 18.6. The fraction of sp³-hybridized carbons (Fsp3) is 0.529. The normalized spacial score (nSPS) is 19.7. The van der Waals surface area contributed by atoms with E-state index in [0.29, 0.717) is 18.0 Å². The fourth-order valence-electron chi connectivity index (χ4n) is 2.57. The van der Waals surface area contributed by atoms with Crippen LogP contribution in [0.25, 0.3) is 6.08 Å². The minimum Gasteiger partial charge on any atom is -0.395 e. The van der Waals surface area contributed by atoms with Gasteiger partial charge in [0, 0.05) is 29.9 Å². The molecule has 1 N–H and O–H groups in total. The van der Waals surface area contributed by atoms with Crippen LogP contribution in [0.2, 0.25) is 0 Å². The number of thioether (sulfide) groups is 1. The van der Waals surface area contributed by atoms with Gasteiger partial charge in [-0.15, -0.1) is 24.0 Å². The van der Waals surface area contributed by atoms with Gasteiger partial charge in [0.2, 0.25) is 5.91 Å². The number of aliphatic hydroxyl groups excluding tert-OH is 1. The van der Waals surface area contributed by atoms with Gasteiger partial charge in [0.05, 0.1) is 11.5 Å². The molecule has 138 valence electrons. The Morgan fingerprint density at radius 2 is 2.20 bits per heavy atom. The van der Waals surface area contributed by atoms with E-state index in [1.54, 1.807) is 21.1 Å². The van der Waals surface area contributed by atoms with Crippen LogP contribution in [0.3, 0.4) is 0 Å². The van der Waals surface area contributed by atoms with Crippen molar-refractivity contribution in [2.24, 2.45) is 0 Å². The summed E-state index contributed by atoms with van der Waals surface area (Å²) >= 11 is 7.45. The quantitative estimate of drug-likeness (QED) is 0.569. The number of thiol groups is 1. The Hall–Kier alpha value is -0.960. The van der Waals surface area contributed by atoms with Crippen molar-refractivity contribution < 1.29 is 14.7 Å². The van der Waals surface area contributed by atoms with Crippen LogP contribution in [0.5, 0.6) is 0 Å². The second kappa shape index (κ2) is 8.62. The van der Waals surface area contributed by atoms with E-state index in [1.165, 1.54) is 11.8 Å². The molecule has 0 radical (unpaired) electrons. The Balaban J connectivity index is 2.00. The highest BCUT2D eigenvalue weighted by molar-refractivity contribution is 8.14. The number of carbonyl (C=O) groups is 2. The highest BCUT2D eigenvalue weighted by Gasteiger charge is 2.35. The molecule has 1 aromatic rings. The molecular weight excluding hydrogens is 376 g/mol. The molecule has 2 amide bonds. The van der Waals surface area contributed by atoms with Crippen LogP contribution in [-0.2, 0) is 9.59 Å². The van der Waals surface area contributed by atoms with Crippen LogP contribution in [-0.4, -0.2) is 56.7 Å². The third-order valence-corrected chi connectivity index (χ3v) is 6.21. The monoisotopic (exact) mass is 400 g/mol. The molecule has 0 bridgehead atoms. The van der Waals surface area contributed by atoms with E-state index < -0.39 is 0 Å². The second-order valence-electron chi connectivity index (χ2n) is 6.66. The molecule has 1 atom stereocenters. The lowest BCUT2D eigenvalue weighted by Gasteiger charge is -2.36. The maximum atomic E-state index is 12.6. The van der Waals surface area contributed by atoms with Crippen molar-refractivity contribution in [2.75, 3.05) is 19.7 Å². The maximum absolute atomic E-state index is 12.6. The summed E-state index contributed by atoms with van der Waals surface area (Å²) in [6.07, 6.45) is 2.09. The minimum absolute atomic E-state index is 0.0735. The molecule has 5 nitrogen and oxygen atoms in total. The van der Waals surface area contributed by atoms with E-state index in [2.05, 4.69) is 12.6 Å². The molecule has 0 aromatic carbocycles. The summed E-state index contributed by atoms with van der Waals surface area (Å²) in [6, 6.07) is 3.90. The zero-order valence-electron chi connectivity index (χ0n) is 14.6. The molecule has 0 spiro atoms. The molecule has 1 saturated heterocycles. The summed E-state index contributed by atoms with van der Waals surface area (Å²) in [7, 11) is 0. The Kier molecular flexibility index (Phi) is 7.01. The first-order chi connectivity index (χ1) is 11.7. The molecule has 25 heavy (non-hydrogen) atoms. The average Bonchev–Trinajstić information content (AvgIpc) is 3.11. The summed E-state index contributed by atoms with van der Waals surface area (Å²) in [5.74, 6) is -0.161. The molecule has 1 aliphatic rings. The molecule has 8 heteroatoms. The molecular formula is C17H24N2O3S3. The summed E-state index contributed by atoms with van der Waals surface area (Å²) in [6.45, 7) is 6.32. The minimum atomic E-state index is -0.367. The topological polar surface area (TPSA) is 60.9 Å². The number of rotatable bonds is 6. The molecule has 1 aliphatic heterocycles. The van der Waals surface area contributed by atoms with Gasteiger partial charge in [-0.25, -0.2) is 0 Å². The lowest BCUT2D eigenvalue weighted by Crippen LogP contribution is -2.48. The third kappa shape index (κ3) is 5.26. The Bertz CT molecular complexity index is 638. The maximum Gasteiger partial charge on any atom is 0.261 e. The van der Waals surface area contributed by atoms with Crippen molar-refractivity contribution in [2.45, 2.75) is 37.4 Å². The number of hydrogen-bond donors (Lipinski definition) is 2. The van der Waals surface area contributed by atoms with Crippen LogP contribution >= 0.6 is 35.7 Å².